The lowest BCUT2D eigenvalue weighted by Gasteiger charge is -2.18. The summed E-state index contributed by atoms with van der Waals surface area (Å²) in [5.41, 5.74) is 0.761. The Labute approximate surface area is 126 Å². The lowest BCUT2D eigenvalue weighted by atomic mass is 10.0. The largest absolute Gasteiger partial charge is 0.486 e. The van der Waals surface area contributed by atoms with Gasteiger partial charge in [0.2, 0.25) is 0 Å². The van der Waals surface area contributed by atoms with Crippen molar-refractivity contribution in [1.29, 1.82) is 0 Å². The highest BCUT2D eigenvalue weighted by Gasteiger charge is 2.19. The molecule has 0 bridgehead atoms. The molecule has 0 unspecified atom stereocenters. The Balaban J connectivity index is 2.03. The first-order valence-electron chi connectivity index (χ1n) is 6.05. The fourth-order valence-corrected chi connectivity index (χ4v) is 2.61. The van der Waals surface area contributed by atoms with Crippen LogP contribution < -0.4 is 9.47 Å². The van der Waals surface area contributed by atoms with Crippen molar-refractivity contribution in [1.82, 2.24) is 0 Å². The third-order valence-electron chi connectivity index (χ3n) is 2.99. The van der Waals surface area contributed by atoms with Crippen molar-refractivity contribution in [2.45, 2.75) is 0 Å². The van der Waals surface area contributed by atoms with Gasteiger partial charge in [0.15, 0.2) is 17.3 Å². The summed E-state index contributed by atoms with van der Waals surface area (Å²) in [7, 11) is 0. The van der Waals surface area contributed by atoms with Gasteiger partial charge in [-0.2, -0.15) is 0 Å². The van der Waals surface area contributed by atoms with E-state index in [1.54, 1.807) is 36.4 Å². The molecule has 1 heterocycles. The summed E-state index contributed by atoms with van der Waals surface area (Å²) in [6.45, 7) is 0.980. The van der Waals surface area contributed by atoms with Crippen LogP contribution in [0.15, 0.2) is 36.4 Å². The molecule has 1 aliphatic heterocycles. The number of rotatable bonds is 2. The number of carbonyl (C=O) groups excluding carboxylic acids is 1. The number of hydrogen-bond donors (Lipinski definition) is 0. The summed E-state index contributed by atoms with van der Waals surface area (Å²) in [5.74, 6) is 0.959. The number of ether oxygens (including phenoxy) is 2. The highest BCUT2D eigenvalue weighted by molar-refractivity contribution is 6.41. The molecular weight excluding hydrogens is 299 g/mol. The molecule has 0 aromatic heterocycles. The molecule has 102 valence electrons. The van der Waals surface area contributed by atoms with Crippen LogP contribution in [0.5, 0.6) is 11.5 Å². The second-order valence-electron chi connectivity index (χ2n) is 4.28. The fourth-order valence-electron chi connectivity index (χ4n) is 2.04. The molecule has 1 aliphatic rings. The van der Waals surface area contributed by atoms with Gasteiger partial charge in [-0.3, -0.25) is 4.79 Å². The van der Waals surface area contributed by atoms with Gasteiger partial charge in [-0.25, -0.2) is 0 Å². The number of ketones is 1. The molecule has 0 aliphatic carbocycles. The monoisotopic (exact) mass is 308 g/mol. The normalized spacial score (nSPS) is 13.1. The van der Waals surface area contributed by atoms with Crippen molar-refractivity contribution in [2.24, 2.45) is 0 Å². The second kappa shape index (κ2) is 5.35. The molecule has 0 radical (unpaired) electrons. The van der Waals surface area contributed by atoms with Gasteiger partial charge in [0.05, 0.1) is 15.6 Å². The molecule has 0 spiro atoms. The van der Waals surface area contributed by atoms with E-state index in [4.69, 9.17) is 32.7 Å². The van der Waals surface area contributed by atoms with Gasteiger partial charge < -0.3 is 9.47 Å². The van der Waals surface area contributed by atoms with Crippen LogP contribution >= 0.6 is 23.2 Å². The van der Waals surface area contributed by atoms with Crippen molar-refractivity contribution in [3.8, 4) is 11.5 Å². The van der Waals surface area contributed by atoms with Crippen LogP contribution in [0, 0.1) is 0 Å². The highest BCUT2D eigenvalue weighted by atomic mass is 35.5. The molecule has 0 atom stereocenters. The Morgan fingerprint density at radius 1 is 0.950 bits per heavy atom. The molecule has 0 N–H and O–H groups in total. The minimum absolute atomic E-state index is 0.238. The minimum Gasteiger partial charge on any atom is -0.486 e. The zero-order valence-corrected chi connectivity index (χ0v) is 11.9. The quantitative estimate of drug-likeness (QED) is 0.787. The summed E-state index contributed by atoms with van der Waals surface area (Å²) >= 11 is 12.1. The Bertz CT molecular complexity index is 663. The molecule has 5 heteroatoms. The van der Waals surface area contributed by atoms with Crippen LogP contribution in [-0.4, -0.2) is 19.0 Å². The maximum atomic E-state index is 12.5. The first-order chi connectivity index (χ1) is 9.66. The van der Waals surface area contributed by atoms with E-state index in [0.29, 0.717) is 45.9 Å². The number of carbonyl (C=O) groups is 1. The Morgan fingerprint density at radius 3 is 2.30 bits per heavy atom. The topological polar surface area (TPSA) is 35.5 Å². The van der Waals surface area contributed by atoms with Crippen LogP contribution in [0.3, 0.4) is 0 Å². The molecule has 0 amide bonds. The van der Waals surface area contributed by atoms with Crippen LogP contribution in [0.1, 0.15) is 15.9 Å². The fraction of sp³-hybridized carbons (Fsp3) is 0.133. The molecule has 2 aromatic rings. The SMILES string of the molecule is O=C(c1ccc2c(c1)OCCO2)c1c(Cl)cccc1Cl. The molecule has 3 nitrogen and oxygen atoms in total. The van der Waals surface area contributed by atoms with Crippen molar-refractivity contribution in [2.75, 3.05) is 13.2 Å². The third-order valence-corrected chi connectivity index (χ3v) is 3.62. The average Bonchev–Trinajstić information content (AvgIpc) is 2.46. The first kappa shape index (κ1) is 13.3. The number of benzene rings is 2. The van der Waals surface area contributed by atoms with Gasteiger partial charge in [-0.1, -0.05) is 29.3 Å². The number of fused-ring (bicyclic) bond motifs is 1. The van der Waals surface area contributed by atoms with Gasteiger partial charge >= 0.3 is 0 Å². The minimum atomic E-state index is -0.238. The molecule has 0 saturated heterocycles. The average molecular weight is 309 g/mol. The molecule has 0 saturated carbocycles. The summed E-state index contributed by atoms with van der Waals surface area (Å²) in [5, 5.41) is 0.662. The zero-order valence-electron chi connectivity index (χ0n) is 10.4. The maximum Gasteiger partial charge on any atom is 0.196 e. The van der Waals surface area contributed by atoms with Crippen LogP contribution in [0.4, 0.5) is 0 Å². The van der Waals surface area contributed by atoms with E-state index < -0.39 is 0 Å². The van der Waals surface area contributed by atoms with E-state index in [1.807, 2.05) is 0 Å². The molecule has 2 aromatic carbocycles. The molecule has 3 rings (SSSR count). The Kier molecular flexibility index (Phi) is 3.55. The zero-order chi connectivity index (χ0) is 14.1. The van der Waals surface area contributed by atoms with Crippen LogP contribution in [0.2, 0.25) is 10.0 Å². The van der Waals surface area contributed by atoms with Gasteiger partial charge in [0.25, 0.3) is 0 Å². The standard InChI is InChI=1S/C15H10Cl2O3/c16-10-2-1-3-11(17)14(10)15(18)9-4-5-12-13(8-9)20-7-6-19-12/h1-5,8H,6-7H2. The van der Waals surface area contributed by atoms with E-state index >= 15 is 0 Å². The van der Waals surface area contributed by atoms with E-state index in [2.05, 4.69) is 0 Å². The summed E-state index contributed by atoms with van der Waals surface area (Å²) < 4.78 is 10.9. The van der Waals surface area contributed by atoms with Crippen molar-refractivity contribution >= 4 is 29.0 Å². The predicted octanol–water partition coefficient (Wildman–Crippen LogP) is 4.00. The van der Waals surface area contributed by atoms with Crippen molar-refractivity contribution in [3.05, 3.63) is 57.6 Å². The lowest BCUT2D eigenvalue weighted by Crippen LogP contribution is -2.16. The third kappa shape index (κ3) is 2.35. The molecule has 0 fully saturated rings. The van der Waals surface area contributed by atoms with Crippen LogP contribution in [0.25, 0.3) is 0 Å². The second-order valence-corrected chi connectivity index (χ2v) is 5.10. The van der Waals surface area contributed by atoms with Crippen molar-refractivity contribution < 1.29 is 14.3 Å². The van der Waals surface area contributed by atoms with Gasteiger partial charge in [0, 0.05) is 5.56 Å². The van der Waals surface area contributed by atoms with Crippen molar-refractivity contribution in [3.63, 3.8) is 0 Å². The summed E-state index contributed by atoms with van der Waals surface area (Å²) in [4.78, 5) is 12.5. The smallest absolute Gasteiger partial charge is 0.196 e. The molecule has 20 heavy (non-hydrogen) atoms. The Hall–Kier alpha value is -1.71. The van der Waals surface area contributed by atoms with Crippen LogP contribution in [-0.2, 0) is 0 Å². The Morgan fingerprint density at radius 2 is 1.60 bits per heavy atom. The first-order valence-corrected chi connectivity index (χ1v) is 6.81. The predicted molar refractivity (Wildman–Crippen MR) is 77.3 cm³/mol. The van der Waals surface area contributed by atoms with E-state index in [0.717, 1.165) is 0 Å². The molecular formula is C15H10Cl2O3. The van der Waals surface area contributed by atoms with E-state index in [-0.39, 0.29) is 5.78 Å². The van der Waals surface area contributed by atoms with E-state index in [9.17, 15) is 4.79 Å². The van der Waals surface area contributed by atoms with Gasteiger partial charge in [-0.05, 0) is 30.3 Å². The lowest BCUT2D eigenvalue weighted by molar-refractivity contribution is 0.103. The van der Waals surface area contributed by atoms with Gasteiger partial charge in [0.1, 0.15) is 13.2 Å². The maximum absolute atomic E-state index is 12.5. The number of halogens is 2. The van der Waals surface area contributed by atoms with E-state index in [1.165, 1.54) is 0 Å². The number of hydrogen-bond acceptors (Lipinski definition) is 3. The summed E-state index contributed by atoms with van der Waals surface area (Å²) in [6, 6.07) is 10.0. The highest BCUT2D eigenvalue weighted by Crippen LogP contribution is 2.33. The van der Waals surface area contributed by atoms with Gasteiger partial charge in [-0.15, -0.1) is 0 Å². The summed E-state index contributed by atoms with van der Waals surface area (Å²) in [6.07, 6.45) is 0.